The molecule has 146 valence electrons. The van der Waals surface area contributed by atoms with Crippen LogP contribution in [0.1, 0.15) is 47.1 Å². The SMILES string of the molecule is CC(=O)Nc1cc(NC(C)=O)cc(C(=O)OC(C)C(=O)c2ccc(C)cc2)c1. The smallest absolute Gasteiger partial charge is 0.338 e. The first-order chi connectivity index (χ1) is 13.2. The molecule has 0 heterocycles. The molecule has 2 amide bonds. The fraction of sp³-hybridized carbons (Fsp3) is 0.238. The van der Waals surface area contributed by atoms with Gasteiger partial charge in [0.05, 0.1) is 5.56 Å². The number of carbonyl (C=O) groups excluding carboxylic acids is 4. The highest BCUT2D eigenvalue weighted by Crippen LogP contribution is 2.21. The number of hydrogen-bond acceptors (Lipinski definition) is 5. The summed E-state index contributed by atoms with van der Waals surface area (Å²) >= 11 is 0. The summed E-state index contributed by atoms with van der Waals surface area (Å²) in [6.45, 7) is 6.05. The summed E-state index contributed by atoms with van der Waals surface area (Å²) in [5.74, 6) is -1.73. The average molecular weight is 382 g/mol. The predicted molar refractivity (Wildman–Crippen MR) is 105 cm³/mol. The van der Waals surface area contributed by atoms with Gasteiger partial charge in [0.25, 0.3) is 0 Å². The fourth-order valence-corrected chi connectivity index (χ4v) is 2.53. The van der Waals surface area contributed by atoms with Gasteiger partial charge in [0.15, 0.2) is 6.10 Å². The maximum absolute atomic E-state index is 12.5. The minimum absolute atomic E-state index is 0.0959. The van der Waals surface area contributed by atoms with Gasteiger partial charge in [0.2, 0.25) is 17.6 Å². The third-order valence-electron chi connectivity index (χ3n) is 3.80. The maximum Gasteiger partial charge on any atom is 0.338 e. The van der Waals surface area contributed by atoms with E-state index in [9.17, 15) is 19.2 Å². The summed E-state index contributed by atoms with van der Waals surface area (Å²) < 4.78 is 5.29. The quantitative estimate of drug-likeness (QED) is 0.589. The van der Waals surface area contributed by atoms with E-state index in [4.69, 9.17) is 4.74 Å². The molecule has 0 aliphatic heterocycles. The Labute approximate surface area is 163 Å². The molecule has 0 spiro atoms. The van der Waals surface area contributed by atoms with E-state index >= 15 is 0 Å². The van der Waals surface area contributed by atoms with Crippen molar-refractivity contribution in [1.29, 1.82) is 0 Å². The normalized spacial score (nSPS) is 11.3. The first kappa shape index (κ1) is 20.8. The Balaban J connectivity index is 2.21. The highest BCUT2D eigenvalue weighted by molar-refractivity contribution is 6.02. The van der Waals surface area contributed by atoms with Gasteiger partial charge in [-0.2, -0.15) is 0 Å². The van der Waals surface area contributed by atoms with Gasteiger partial charge in [-0.25, -0.2) is 4.79 Å². The molecule has 2 aromatic carbocycles. The van der Waals surface area contributed by atoms with Gasteiger partial charge < -0.3 is 15.4 Å². The van der Waals surface area contributed by atoms with Crippen molar-refractivity contribution in [2.24, 2.45) is 0 Å². The van der Waals surface area contributed by atoms with Crippen molar-refractivity contribution in [1.82, 2.24) is 0 Å². The number of nitrogens with one attached hydrogen (secondary N) is 2. The van der Waals surface area contributed by atoms with Crippen LogP contribution >= 0.6 is 0 Å². The van der Waals surface area contributed by atoms with Crippen LogP contribution < -0.4 is 10.6 Å². The number of hydrogen-bond donors (Lipinski definition) is 2. The lowest BCUT2D eigenvalue weighted by Gasteiger charge is -2.14. The van der Waals surface area contributed by atoms with Gasteiger partial charge in [0.1, 0.15) is 0 Å². The lowest BCUT2D eigenvalue weighted by atomic mass is 10.1. The van der Waals surface area contributed by atoms with Crippen LogP contribution in [0.2, 0.25) is 0 Å². The van der Waals surface area contributed by atoms with Crippen molar-refractivity contribution in [2.75, 3.05) is 10.6 Å². The molecule has 0 saturated carbocycles. The molecule has 1 unspecified atom stereocenters. The molecule has 0 aromatic heterocycles. The van der Waals surface area contributed by atoms with Crippen molar-refractivity contribution < 1.29 is 23.9 Å². The first-order valence-electron chi connectivity index (χ1n) is 8.68. The standard InChI is InChI=1S/C21H22N2O5/c1-12-5-7-16(8-6-12)20(26)13(2)28-21(27)17-9-18(22-14(3)24)11-19(10-17)23-15(4)25/h5-11,13H,1-4H3,(H,22,24)(H,23,25). The second kappa shape index (κ2) is 8.94. The number of benzene rings is 2. The number of aryl methyl sites for hydroxylation is 1. The van der Waals surface area contributed by atoms with E-state index in [2.05, 4.69) is 10.6 Å². The Bertz CT molecular complexity index is 885. The number of amides is 2. The Morgan fingerprint density at radius 2 is 1.32 bits per heavy atom. The van der Waals surface area contributed by atoms with E-state index in [-0.39, 0.29) is 23.2 Å². The molecule has 2 rings (SSSR count). The van der Waals surface area contributed by atoms with E-state index in [1.54, 1.807) is 24.3 Å². The van der Waals surface area contributed by atoms with Crippen LogP contribution in [0.25, 0.3) is 0 Å². The van der Waals surface area contributed by atoms with Crippen molar-refractivity contribution in [3.05, 3.63) is 59.2 Å². The summed E-state index contributed by atoms with van der Waals surface area (Å²) in [4.78, 5) is 47.6. The largest absolute Gasteiger partial charge is 0.451 e. The lowest BCUT2D eigenvalue weighted by molar-refractivity contribution is -0.115. The summed E-state index contributed by atoms with van der Waals surface area (Å²) in [5, 5.41) is 5.11. The third kappa shape index (κ3) is 5.77. The zero-order valence-electron chi connectivity index (χ0n) is 16.2. The molecule has 1 atom stereocenters. The molecule has 7 heteroatoms. The van der Waals surface area contributed by atoms with E-state index < -0.39 is 12.1 Å². The maximum atomic E-state index is 12.5. The number of ketones is 1. The van der Waals surface area contributed by atoms with Crippen LogP contribution in [0.15, 0.2) is 42.5 Å². The molecular weight excluding hydrogens is 360 g/mol. The summed E-state index contributed by atoms with van der Waals surface area (Å²) in [6.07, 6.45) is -0.996. The number of carbonyl (C=O) groups is 4. The second-order valence-electron chi connectivity index (χ2n) is 6.44. The zero-order valence-corrected chi connectivity index (χ0v) is 16.2. The van der Waals surface area contributed by atoms with Crippen LogP contribution in [0.5, 0.6) is 0 Å². The Morgan fingerprint density at radius 1 is 0.821 bits per heavy atom. The fourth-order valence-electron chi connectivity index (χ4n) is 2.53. The van der Waals surface area contributed by atoms with E-state index in [0.717, 1.165) is 5.56 Å². The Kier molecular flexibility index (Phi) is 6.65. The van der Waals surface area contributed by atoms with Crippen molar-refractivity contribution in [3.8, 4) is 0 Å². The third-order valence-corrected chi connectivity index (χ3v) is 3.80. The van der Waals surface area contributed by atoms with E-state index in [0.29, 0.717) is 16.9 Å². The molecule has 7 nitrogen and oxygen atoms in total. The number of anilines is 2. The van der Waals surface area contributed by atoms with Crippen LogP contribution in [0.3, 0.4) is 0 Å². The topological polar surface area (TPSA) is 102 Å². The van der Waals surface area contributed by atoms with Gasteiger partial charge >= 0.3 is 5.97 Å². The van der Waals surface area contributed by atoms with Gasteiger partial charge in [-0.3, -0.25) is 14.4 Å². The van der Waals surface area contributed by atoms with Gasteiger partial charge in [-0.1, -0.05) is 29.8 Å². The van der Waals surface area contributed by atoms with Crippen molar-refractivity contribution >= 4 is 34.9 Å². The molecule has 0 bridgehead atoms. The molecule has 2 aromatic rings. The molecule has 0 saturated heterocycles. The van der Waals surface area contributed by atoms with Crippen molar-refractivity contribution in [3.63, 3.8) is 0 Å². The average Bonchev–Trinajstić information content (AvgIpc) is 2.60. The minimum atomic E-state index is -0.996. The zero-order chi connectivity index (χ0) is 20.8. The number of ether oxygens (including phenoxy) is 1. The predicted octanol–water partition coefficient (Wildman–Crippen LogP) is 3.34. The van der Waals surface area contributed by atoms with Crippen LogP contribution in [0.4, 0.5) is 11.4 Å². The molecule has 28 heavy (non-hydrogen) atoms. The van der Waals surface area contributed by atoms with Crippen LogP contribution in [-0.4, -0.2) is 29.7 Å². The van der Waals surface area contributed by atoms with Crippen LogP contribution in [0, 0.1) is 6.92 Å². The minimum Gasteiger partial charge on any atom is -0.451 e. The van der Waals surface area contributed by atoms with Gasteiger partial charge in [0, 0.05) is 30.8 Å². The second-order valence-corrected chi connectivity index (χ2v) is 6.44. The first-order valence-corrected chi connectivity index (χ1v) is 8.68. The van der Waals surface area contributed by atoms with Gasteiger partial charge in [-0.05, 0) is 32.0 Å². The number of esters is 1. The number of Topliss-reactive ketones (excluding diaryl/α,β-unsaturated/α-hetero) is 1. The lowest BCUT2D eigenvalue weighted by Crippen LogP contribution is -2.24. The molecule has 0 aliphatic rings. The van der Waals surface area contributed by atoms with E-state index in [1.807, 2.05) is 6.92 Å². The Morgan fingerprint density at radius 3 is 1.79 bits per heavy atom. The molecular formula is C21H22N2O5. The van der Waals surface area contributed by atoms with Crippen molar-refractivity contribution in [2.45, 2.75) is 33.8 Å². The summed E-state index contributed by atoms with van der Waals surface area (Å²) in [5.41, 5.74) is 2.20. The van der Waals surface area contributed by atoms with Gasteiger partial charge in [-0.15, -0.1) is 0 Å². The highest BCUT2D eigenvalue weighted by atomic mass is 16.5. The van der Waals surface area contributed by atoms with E-state index in [1.165, 1.54) is 39.0 Å². The monoisotopic (exact) mass is 382 g/mol. The summed E-state index contributed by atoms with van der Waals surface area (Å²) in [6, 6.07) is 11.3. The molecule has 0 fully saturated rings. The molecule has 0 radical (unpaired) electrons. The number of rotatable bonds is 6. The molecule has 0 aliphatic carbocycles. The Hall–Kier alpha value is -3.48. The molecule has 2 N–H and O–H groups in total. The summed E-state index contributed by atoms with van der Waals surface area (Å²) in [7, 11) is 0. The highest BCUT2D eigenvalue weighted by Gasteiger charge is 2.21. The van der Waals surface area contributed by atoms with Crippen LogP contribution in [-0.2, 0) is 14.3 Å².